The molecule has 0 radical (unpaired) electrons. The molecule has 1 aromatic heterocycles. The summed E-state index contributed by atoms with van der Waals surface area (Å²) in [5, 5.41) is 1.95. The monoisotopic (exact) mass is 202 g/mol. The third-order valence-electron chi connectivity index (χ3n) is 1.50. The fraction of sp³-hybridized carbons (Fsp3) is 0.429. The van der Waals surface area contributed by atoms with Crippen LogP contribution in [0.25, 0.3) is 0 Å². The summed E-state index contributed by atoms with van der Waals surface area (Å²) < 4.78 is 5.04. The van der Waals surface area contributed by atoms with Crippen LogP contribution in [0.4, 0.5) is 0 Å². The maximum absolute atomic E-state index is 5.69. The average molecular weight is 203 g/mol. The van der Waals surface area contributed by atoms with Crippen molar-refractivity contribution < 1.29 is 4.74 Å². The number of rotatable bonds is 2. The molecule has 3 nitrogen and oxygen atoms in total. The number of hydrogen-bond donors (Lipinski definition) is 0. The van der Waals surface area contributed by atoms with Crippen molar-refractivity contribution in [1.82, 2.24) is 9.97 Å². The van der Waals surface area contributed by atoms with Crippen LogP contribution in [-0.2, 0) is 4.74 Å². The molecular weight excluding hydrogens is 196 g/mol. The van der Waals surface area contributed by atoms with Crippen molar-refractivity contribution >= 4 is 23.4 Å². The van der Waals surface area contributed by atoms with Crippen LogP contribution >= 0.6 is 23.4 Å². The van der Waals surface area contributed by atoms with E-state index in [-0.39, 0.29) is 0 Å². The van der Waals surface area contributed by atoms with E-state index >= 15 is 0 Å². The molecule has 0 bridgehead atoms. The molecule has 0 saturated carbocycles. The van der Waals surface area contributed by atoms with Crippen LogP contribution in [0.15, 0.2) is 17.4 Å². The van der Waals surface area contributed by atoms with Crippen molar-refractivity contribution in [3.63, 3.8) is 0 Å². The fourth-order valence-electron chi connectivity index (χ4n) is 0.835. The van der Waals surface area contributed by atoms with E-state index in [1.165, 1.54) is 6.33 Å². The van der Waals surface area contributed by atoms with Gasteiger partial charge in [-0.15, -0.1) is 0 Å². The predicted octanol–water partition coefficient (Wildman–Crippen LogP) is 1.62. The van der Waals surface area contributed by atoms with Gasteiger partial charge in [0.25, 0.3) is 0 Å². The van der Waals surface area contributed by atoms with E-state index in [4.69, 9.17) is 16.3 Å². The third kappa shape index (κ3) is 1.88. The van der Waals surface area contributed by atoms with E-state index in [0.29, 0.717) is 10.4 Å². The number of nitrogens with zero attached hydrogens (tertiary/aromatic N) is 2. The second kappa shape index (κ2) is 3.60. The van der Waals surface area contributed by atoms with Crippen LogP contribution in [-0.4, -0.2) is 28.4 Å². The Labute approximate surface area is 79.5 Å². The molecule has 0 amide bonds. The van der Waals surface area contributed by atoms with Crippen molar-refractivity contribution in [3.05, 3.63) is 17.5 Å². The molecule has 0 aromatic carbocycles. The summed E-state index contributed by atoms with van der Waals surface area (Å²) in [6.07, 6.45) is 1.48. The minimum atomic E-state index is 0.493. The fourth-order valence-corrected chi connectivity index (χ4v) is 2.00. The first-order valence-electron chi connectivity index (χ1n) is 3.56. The van der Waals surface area contributed by atoms with Crippen LogP contribution in [0.3, 0.4) is 0 Å². The summed E-state index contributed by atoms with van der Waals surface area (Å²) >= 11 is 7.38. The maximum Gasteiger partial charge on any atom is 0.133 e. The van der Waals surface area contributed by atoms with Crippen molar-refractivity contribution in [2.75, 3.05) is 13.2 Å². The first kappa shape index (κ1) is 8.29. The normalized spacial score (nSPS) is 17.4. The molecule has 1 saturated heterocycles. The molecule has 0 unspecified atom stereocenters. The summed E-state index contributed by atoms with van der Waals surface area (Å²) in [7, 11) is 0. The standard InChI is InChI=1S/C7H7ClN2OS/c8-6-1-7(10-4-9-6)12-5-2-11-3-5/h1,4-5H,2-3H2. The van der Waals surface area contributed by atoms with E-state index in [9.17, 15) is 0 Å². The van der Waals surface area contributed by atoms with Crippen molar-refractivity contribution in [3.8, 4) is 0 Å². The second-order valence-corrected chi connectivity index (χ2v) is 4.16. The number of ether oxygens (including phenoxy) is 1. The second-order valence-electron chi connectivity index (χ2n) is 2.46. The molecule has 1 aliphatic heterocycles. The zero-order valence-electron chi connectivity index (χ0n) is 6.24. The SMILES string of the molecule is Clc1cc(SC2COC2)ncn1. The molecule has 0 spiro atoms. The third-order valence-corrected chi connectivity index (χ3v) is 2.78. The first-order valence-corrected chi connectivity index (χ1v) is 4.82. The van der Waals surface area contributed by atoms with Crippen LogP contribution < -0.4 is 0 Å². The highest BCUT2D eigenvalue weighted by atomic mass is 35.5. The van der Waals surface area contributed by atoms with E-state index in [0.717, 1.165) is 18.2 Å². The maximum atomic E-state index is 5.69. The van der Waals surface area contributed by atoms with Gasteiger partial charge in [-0.2, -0.15) is 0 Å². The predicted molar refractivity (Wildman–Crippen MR) is 47.5 cm³/mol. The van der Waals surface area contributed by atoms with E-state index in [1.807, 2.05) is 0 Å². The molecule has 0 N–H and O–H groups in total. The zero-order valence-corrected chi connectivity index (χ0v) is 7.81. The van der Waals surface area contributed by atoms with Crippen LogP contribution in [0.2, 0.25) is 5.15 Å². The topological polar surface area (TPSA) is 35.0 Å². The Balaban J connectivity index is 2.02. The number of aromatic nitrogens is 2. The number of hydrogen-bond acceptors (Lipinski definition) is 4. The summed E-state index contributed by atoms with van der Waals surface area (Å²) in [5.74, 6) is 0. The molecule has 2 heterocycles. The Morgan fingerprint density at radius 2 is 2.33 bits per heavy atom. The molecule has 1 aromatic rings. The summed E-state index contributed by atoms with van der Waals surface area (Å²) in [6, 6.07) is 1.77. The highest BCUT2D eigenvalue weighted by Crippen LogP contribution is 2.26. The van der Waals surface area contributed by atoms with Crippen LogP contribution in [0, 0.1) is 0 Å². The lowest BCUT2D eigenvalue weighted by molar-refractivity contribution is 0.0454. The molecule has 12 heavy (non-hydrogen) atoms. The summed E-state index contributed by atoms with van der Waals surface area (Å²) in [4.78, 5) is 7.87. The highest BCUT2D eigenvalue weighted by Gasteiger charge is 2.19. The quantitative estimate of drug-likeness (QED) is 0.683. The van der Waals surface area contributed by atoms with Crippen molar-refractivity contribution in [1.29, 1.82) is 0 Å². The van der Waals surface area contributed by atoms with Gasteiger partial charge in [-0.3, -0.25) is 0 Å². The minimum Gasteiger partial charge on any atom is -0.379 e. The molecule has 5 heteroatoms. The number of halogens is 1. The van der Waals surface area contributed by atoms with Gasteiger partial charge in [0.2, 0.25) is 0 Å². The zero-order chi connectivity index (χ0) is 8.39. The van der Waals surface area contributed by atoms with Gasteiger partial charge in [0, 0.05) is 6.07 Å². The minimum absolute atomic E-state index is 0.493. The smallest absolute Gasteiger partial charge is 0.133 e. The Morgan fingerprint density at radius 1 is 1.50 bits per heavy atom. The van der Waals surface area contributed by atoms with Gasteiger partial charge in [0.1, 0.15) is 16.5 Å². The number of thioether (sulfide) groups is 1. The lowest BCUT2D eigenvalue weighted by Crippen LogP contribution is -2.30. The van der Waals surface area contributed by atoms with Gasteiger partial charge >= 0.3 is 0 Å². The Kier molecular flexibility index (Phi) is 2.48. The average Bonchev–Trinajstić information content (AvgIpc) is 1.97. The van der Waals surface area contributed by atoms with E-state index < -0.39 is 0 Å². The van der Waals surface area contributed by atoms with E-state index in [1.54, 1.807) is 17.8 Å². The summed E-state index contributed by atoms with van der Waals surface area (Å²) in [5.41, 5.74) is 0. The van der Waals surface area contributed by atoms with Gasteiger partial charge in [0.05, 0.1) is 18.5 Å². The lowest BCUT2D eigenvalue weighted by atomic mass is 10.4. The van der Waals surface area contributed by atoms with Gasteiger partial charge in [-0.25, -0.2) is 9.97 Å². The lowest BCUT2D eigenvalue weighted by Gasteiger charge is -2.24. The molecule has 0 atom stereocenters. The molecule has 2 rings (SSSR count). The summed E-state index contributed by atoms with van der Waals surface area (Å²) in [6.45, 7) is 1.62. The van der Waals surface area contributed by atoms with Gasteiger partial charge in [-0.05, 0) is 0 Å². The highest BCUT2D eigenvalue weighted by molar-refractivity contribution is 8.00. The molecule has 0 aliphatic carbocycles. The Bertz CT molecular complexity index is 280. The van der Waals surface area contributed by atoms with Crippen molar-refractivity contribution in [2.24, 2.45) is 0 Å². The molecule has 1 fully saturated rings. The molecule has 64 valence electrons. The molecule has 1 aliphatic rings. The van der Waals surface area contributed by atoms with E-state index in [2.05, 4.69) is 9.97 Å². The largest absolute Gasteiger partial charge is 0.379 e. The van der Waals surface area contributed by atoms with Gasteiger partial charge < -0.3 is 4.74 Å². The first-order chi connectivity index (χ1) is 5.84. The van der Waals surface area contributed by atoms with Gasteiger partial charge in [0.15, 0.2) is 0 Å². The van der Waals surface area contributed by atoms with Crippen LogP contribution in [0.5, 0.6) is 0 Å². The van der Waals surface area contributed by atoms with Crippen molar-refractivity contribution in [2.45, 2.75) is 10.3 Å². The Morgan fingerprint density at radius 3 is 2.92 bits per heavy atom. The van der Waals surface area contributed by atoms with Crippen LogP contribution in [0.1, 0.15) is 0 Å². The Hall–Kier alpha value is -0.320. The molecular formula is C7H7ClN2OS. The van der Waals surface area contributed by atoms with Gasteiger partial charge in [-0.1, -0.05) is 23.4 Å².